The second-order valence-electron chi connectivity index (χ2n) is 11.1. The lowest BCUT2D eigenvalue weighted by Gasteiger charge is -2.51. The zero-order valence-electron chi connectivity index (χ0n) is 24.3. The van der Waals surface area contributed by atoms with E-state index in [-0.39, 0.29) is 37.8 Å². The van der Waals surface area contributed by atoms with E-state index in [9.17, 15) is 14.4 Å². The molecule has 2 amide bonds. The topological polar surface area (TPSA) is 85.4 Å². The average Bonchev–Trinajstić information content (AvgIpc) is 3.01. The van der Waals surface area contributed by atoms with Gasteiger partial charge < -0.3 is 24.0 Å². The van der Waals surface area contributed by atoms with Crippen molar-refractivity contribution in [1.29, 1.82) is 0 Å². The summed E-state index contributed by atoms with van der Waals surface area (Å²) >= 11 is 14.5. The Bertz CT molecular complexity index is 1370. The monoisotopic (exact) mass is 646 g/mol. The molecule has 2 aromatic carbocycles. The van der Waals surface area contributed by atoms with Crippen LogP contribution in [0.5, 0.6) is 0 Å². The number of halogens is 2. The third kappa shape index (κ3) is 6.91. The predicted octanol–water partition coefficient (Wildman–Crippen LogP) is 5.35. The Labute approximate surface area is 266 Å². The van der Waals surface area contributed by atoms with Crippen LogP contribution in [0.25, 0.3) is 0 Å². The molecule has 8 nitrogen and oxygen atoms in total. The Morgan fingerprint density at radius 3 is 2.56 bits per heavy atom. The van der Waals surface area contributed by atoms with Gasteiger partial charge in [-0.1, -0.05) is 59.6 Å². The maximum absolute atomic E-state index is 14.3. The number of fused-ring (bicyclic) bond motifs is 1. The van der Waals surface area contributed by atoms with E-state index in [1.165, 1.54) is 7.11 Å². The number of likely N-dealkylation sites (tertiary alicyclic amines) is 1. The molecular formula is C32H36Cl2N2O6S. The van der Waals surface area contributed by atoms with Gasteiger partial charge >= 0.3 is 5.97 Å². The molecule has 0 aliphatic carbocycles. The van der Waals surface area contributed by atoms with Gasteiger partial charge in [0, 0.05) is 52.7 Å². The molecule has 2 aromatic rings. The number of carbonyl (C=O) groups is 3. The number of ether oxygens (including phenoxy) is 3. The number of rotatable bonds is 9. The number of esters is 1. The van der Waals surface area contributed by atoms with Gasteiger partial charge in [0.2, 0.25) is 11.8 Å². The van der Waals surface area contributed by atoms with Gasteiger partial charge in [-0.05, 0) is 42.7 Å². The number of amides is 2. The van der Waals surface area contributed by atoms with Crippen molar-refractivity contribution in [1.82, 2.24) is 9.80 Å². The van der Waals surface area contributed by atoms with Gasteiger partial charge in [0.1, 0.15) is 11.5 Å². The van der Waals surface area contributed by atoms with Gasteiger partial charge in [0.15, 0.2) is 0 Å². The fourth-order valence-corrected chi connectivity index (χ4v) is 7.52. The fraction of sp³-hybridized carbons (Fsp3) is 0.469. The summed E-state index contributed by atoms with van der Waals surface area (Å²) in [4.78, 5) is 44.8. The number of carbonyl (C=O) groups excluding carboxylic acids is 3. The second-order valence-corrected chi connectivity index (χ2v) is 13.2. The van der Waals surface area contributed by atoms with Gasteiger partial charge in [-0.25, -0.2) is 0 Å². The molecule has 2 fully saturated rings. The third-order valence-corrected chi connectivity index (χ3v) is 9.95. The van der Waals surface area contributed by atoms with Crippen LogP contribution in [0.4, 0.5) is 0 Å². The summed E-state index contributed by atoms with van der Waals surface area (Å²) < 4.78 is 17.7. The van der Waals surface area contributed by atoms with Crippen LogP contribution in [0.2, 0.25) is 10.0 Å². The number of hydrogen-bond donors (Lipinski definition) is 0. The standard InChI is InChI=1S/C32H36Cl2N2O6S/c1-21-32(31(39)40-2)17-24(14-29(37)35-10-12-43-13-11-35)30(38)36(18-23-8-9-25(33)15-27(23)34)28(32)16-26(42-21)20-41-19-22-6-4-3-5-7-22/h3-9,15-16,21,24,26H,10-14,17-20H2,1-2H3/t21-,24+,26-,32+/m1/s1. The molecule has 43 heavy (non-hydrogen) atoms. The zero-order chi connectivity index (χ0) is 30.6. The Balaban J connectivity index is 1.49. The maximum Gasteiger partial charge on any atom is 0.320 e. The Hall–Kier alpha value is -2.56. The number of benzene rings is 2. The molecule has 230 valence electrons. The first-order valence-corrected chi connectivity index (χ1v) is 16.3. The molecule has 4 atom stereocenters. The van der Waals surface area contributed by atoms with Crippen LogP contribution in [0.15, 0.2) is 60.3 Å². The van der Waals surface area contributed by atoms with E-state index in [1.54, 1.807) is 45.8 Å². The first-order chi connectivity index (χ1) is 20.7. The van der Waals surface area contributed by atoms with Crippen molar-refractivity contribution in [3.05, 3.63) is 81.5 Å². The van der Waals surface area contributed by atoms with Crippen molar-refractivity contribution in [2.75, 3.05) is 38.3 Å². The van der Waals surface area contributed by atoms with Crippen molar-refractivity contribution in [3.63, 3.8) is 0 Å². The highest BCUT2D eigenvalue weighted by Gasteiger charge is 2.59. The lowest BCUT2D eigenvalue weighted by Crippen LogP contribution is -2.60. The first kappa shape index (κ1) is 31.9. The maximum atomic E-state index is 14.3. The van der Waals surface area contributed by atoms with E-state index >= 15 is 0 Å². The van der Waals surface area contributed by atoms with Crippen LogP contribution in [-0.2, 0) is 41.7 Å². The largest absolute Gasteiger partial charge is 0.468 e. The molecule has 3 heterocycles. The minimum Gasteiger partial charge on any atom is -0.468 e. The lowest BCUT2D eigenvalue weighted by atomic mass is 9.66. The van der Waals surface area contributed by atoms with Crippen molar-refractivity contribution in [2.24, 2.45) is 11.3 Å². The van der Waals surface area contributed by atoms with E-state index in [0.717, 1.165) is 17.1 Å². The van der Waals surface area contributed by atoms with Crippen LogP contribution in [0, 0.1) is 11.3 Å². The van der Waals surface area contributed by atoms with Gasteiger partial charge in [-0.15, -0.1) is 0 Å². The van der Waals surface area contributed by atoms with E-state index < -0.39 is 29.5 Å². The van der Waals surface area contributed by atoms with E-state index in [0.29, 0.717) is 41.0 Å². The van der Waals surface area contributed by atoms with Crippen LogP contribution in [-0.4, -0.2) is 78.1 Å². The van der Waals surface area contributed by atoms with E-state index in [2.05, 4.69) is 0 Å². The molecule has 2 saturated heterocycles. The van der Waals surface area contributed by atoms with Crippen LogP contribution in [0.1, 0.15) is 30.9 Å². The van der Waals surface area contributed by atoms with E-state index in [1.807, 2.05) is 37.3 Å². The van der Waals surface area contributed by atoms with Gasteiger partial charge in [-0.2, -0.15) is 11.8 Å². The highest BCUT2D eigenvalue weighted by molar-refractivity contribution is 7.99. The van der Waals surface area contributed by atoms with Gasteiger partial charge in [-0.3, -0.25) is 14.4 Å². The number of piperidine rings is 1. The average molecular weight is 648 g/mol. The first-order valence-electron chi connectivity index (χ1n) is 14.4. The molecule has 0 bridgehead atoms. The SMILES string of the molecule is COC(=O)[C@]12C[C@H](CC(=O)N3CCSCC3)C(=O)N(Cc3ccc(Cl)cc3Cl)C1=C[C@H](COCc1ccccc1)O[C@@H]2C. The highest BCUT2D eigenvalue weighted by Crippen LogP contribution is 2.51. The molecule has 0 spiro atoms. The Morgan fingerprint density at radius 1 is 1.12 bits per heavy atom. The van der Waals surface area contributed by atoms with Crippen LogP contribution in [0.3, 0.4) is 0 Å². The molecule has 3 aliphatic rings. The minimum absolute atomic E-state index is 0.00326. The lowest BCUT2D eigenvalue weighted by molar-refractivity contribution is -0.178. The van der Waals surface area contributed by atoms with Crippen molar-refractivity contribution >= 4 is 52.7 Å². The molecule has 0 radical (unpaired) electrons. The number of nitrogens with zero attached hydrogens (tertiary/aromatic N) is 2. The molecule has 0 N–H and O–H groups in total. The summed E-state index contributed by atoms with van der Waals surface area (Å²) in [6.45, 7) is 3.81. The third-order valence-electron chi connectivity index (χ3n) is 8.42. The predicted molar refractivity (Wildman–Crippen MR) is 167 cm³/mol. The summed E-state index contributed by atoms with van der Waals surface area (Å²) in [5.41, 5.74) is 0.866. The second kappa shape index (κ2) is 14.0. The Morgan fingerprint density at radius 2 is 1.86 bits per heavy atom. The minimum atomic E-state index is -1.31. The van der Waals surface area contributed by atoms with Crippen molar-refractivity contribution < 1.29 is 28.6 Å². The van der Waals surface area contributed by atoms with Crippen LogP contribution >= 0.6 is 35.0 Å². The summed E-state index contributed by atoms with van der Waals surface area (Å²) in [5.74, 6) is 0.135. The summed E-state index contributed by atoms with van der Waals surface area (Å²) in [6.07, 6.45) is 0.708. The molecule has 11 heteroatoms. The molecule has 0 aromatic heterocycles. The quantitative estimate of drug-likeness (QED) is 0.339. The van der Waals surface area contributed by atoms with E-state index in [4.69, 9.17) is 37.4 Å². The van der Waals surface area contributed by atoms with Crippen molar-refractivity contribution in [3.8, 4) is 0 Å². The molecule has 0 unspecified atom stereocenters. The number of thioether (sulfide) groups is 1. The molecule has 0 saturated carbocycles. The van der Waals surface area contributed by atoms with Crippen LogP contribution < -0.4 is 0 Å². The highest BCUT2D eigenvalue weighted by atomic mass is 35.5. The summed E-state index contributed by atoms with van der Waals surface area (Å²) in [7, 11) is 1.33. The zero-order valence-corrected chi connectivity index (χ0v) is 26.6. The summed E-state index contributed by atoms with van der Waals surface area (Å²) in [5, 5.41) is 0.872. The number of methoxy groups -OCH3 is 1. The smallest absolute Gasteiger partial charge is 0.320 e. The van der Waals surface area contributed by atoms with Gasteiger partial charge in [0.25, 0.3) is 0 Å². The number of hydrogen-bond acceptors (Lipinski definition) is 7. The summed E-state index contributed by atoms with van der Waals surface area (Å²) in [6, 6.07) is 14.9. The van der Waals surface area contributed by atoms with Crippen molar-refractivity contribution in [2.45, 2.75) is 45.1 Å². The molecular weight excluding hydrogens is 611 g/mol. The molecule has 3 aliphatic heterocycles. The fourth-order valence-electron chi connectivity index (χ4n) is 6.15. The Kier molecular flexibility index (Phi) is 10.4. The van der Waals surface area contributed by atoms with Gasteiger partial charge in [0.05, 0.1) is 33.0 Å². The molecule has 5 rings (SSSR count). The normalized spacial score (nSPS) is 25.6.